The van der Waals surface area contributed by atoms with Gasteiger partial charge in [-0.2, -0.15) is 0 Å². The number of likely N-dealkylation sites (tertiary alicyclic amines) is 1. The van der Waals surface area contributed by atoms with Crippen molar-refractivity contribution in [3.05, 3.63) is 23.8 Å². The lowest BCUT2D eigenvalue weighted by atomic mass is 9.94. The van der Waals surface area contributed by atoms with E-state index in [-0.39, 0.29) is 10.8 Å². The zero-order valence-electron chi connectivity index (χ0n) is 15.7. The molecule has 1 aromatic carbocycles. The van der Waals surface area contributed by atoms with Gasteiger partial charge in [0.25, 0.3) is 0 Å². The van der Waals surface area contributed by atoms with Crippen LogP contribution in [-0.4, -0.2) is 52.5 Å². The van der Waals surface area contributed by atoms with Crippen LogP contribution in [0.1, 0.15) is 37.7 Å². The summed E-state index contributed by atoms with van der Waals surface area (Å²) in [5.74, 6) is 0.708. The number of piperidine rings is 1. The number of sulfonamides is 1. The lowest BCUT2D eigenvalue weighted by molar-refractivity contribution is -0.117. The summed E-state index contributed by atoms with van der Waals surface area (Å²) in [6, 6.07) is 5.02. The van der Waals surface area contributed by atoms with Crippen molar-refractivity contribution in [2.24, 2.45) is 5.92 Å². The molecule has 1 amide bonds. The zero-order valence-corrected chi connectivity index (χ0v) is 16.5. The highest BCUT2D eigenvalue weighted by atomic mass is 32.2. The van der Waals surface area contributed by atoms with Crippen molar-refractivity contribution < 1.29 is 13.2 Å². The smallest absolute Gasteiger partial charge is 0.240 e. The highest BCUT2D eigenvalue weighted by Crippen LogP contribution is 2.27. The fourth-order valence-corrected chi connectivity index (χ4v) is 4.96. The summed E-state index contributed by atoms with van der Waals surface area (Å²) in [4.78, 5) is 16.2. The molecular formula is C19H29N3O3S. The van der Waals surface area contributed by atoms with Crippen LogP contribution in [0.3, 0.4) is 0 Å². The van der Waals surface area contributed by atoms with Gasteiger partial charge in [0, 0.05) is 25.2 Å². The number of amides is 1. The molecule has 0 unspecified atom stereocenters. The molecule has 3 rings (SSSR count). The first-order valence-corrected chi connectivity index (χ1v) is 10.9. The summed E-state index contributed by atoms with van der Waals surface area (Å²) in [7, 11) is -1.39. The maximum atomic E-state index is 12.6. The van der Waals surface area contributed by atoms with Crippen molar-refractivity contribution in [1.82, 2.24) is 9.62 Å². The van der Waals surface area contributed by atoms with Crippen molar-refractivity contribution in [2.75, 3.05) is 38.1 Å². The summed E-state index contributed by atoms with van der Waals surface area (Å²) in [5, 5.41) is 0. The van der Waals surface area contributed by atoms with Gasteiger partial charge < -0.3 is 9.80 Å². The molecule has 2 aliphatic rings. The third-order valence-electron chi connectivity index (χ3n) is 5.53. The number of anilines is 1. The molecule has 2 aliphatic heterocycles. The average molecular weight is 380 g/mol. The molecule has 7 heteroatoms. The van der Waals surface area contributed by atoms with Crippen LogP contribution < -0.4 is 9.62 Å². The average Bonchev–Trinajstić information content (AvgIpc) is 3.02. The van der Waals surface area contributed by atoms with E-state index in [0.717, 1.165) is 50.0 Å². The van der Waals surface area contributed by atoms with Gasteiger partial charge in [0.15, 0.2) is 0 Å². The first kappa shape index (κ1) is 19.3. The molecular weight excluding hydrogens is 350 g/mol. The van der Waals surface area contributed by atoms with Crippen molar-refractivity contribution in [2.45, 2.75) is 43.9 Å². The van der Waals surface area contributed by atoms with E-state index in [4.69, 9.17) is 0 Å². The van der Waals surface area contributed by atoms with Crippen LogP contribution in [0.4, 0.5) is 5.69 Å². The van der Waals surface area contributed by atoms with Gasteiger partial charge in [-0.05, 0) is 82.4 Å². The van der Waals surface area contributed by atoms with Gasteiger partial charge in [0.2, 0.25) is 15.9 Å². The van der Waals surface area contributed by atoms with E-state index in [1.54, 1.807) is 23.1 Å². The largest absolute Gasteiger partial charge is 0.312 e. The van der Waals surface area contributed by atoms with E-state index in [1.807, 2.05) is 6.92 Å². The Bertz CT molecular complexity index is 755. The molecule has 1 aromatic rings. The minimum atomic E-state index is -3.51. The fraction of sp³-hybridized carbons (Fsp3) is 0.632. The number of hydrogen-bond acceptors (Lipinski definition) is 4. The van der Waals surface area contributed by atoms with Gasteiger partial charge in [-0.3, -0.25) is 4.79 Å². The van der Waals surface area contributed by atoms with Gasteiger partial charge in [-0.15, -0.1) is 0 Å². The van der Waals surface area contributed by atoms with Crippen LogP contribution >= 0.6 is 0 Å². The maximum Gasteiger partial charge on any atom is 0.240 e. The second-order valence-corrected chi connectivity index (χ2v) is 9.30. The molecule has 2 heterocycles. The fourth-order valence-electron chi connectivity index (χ4n) is 3.83. The van der Waals surface area contributed by atoms with E-state index in [2.05, 4.69) is 16.7 Å². The molecule has 0 atom stereocenters. The Morgan fingerprint density at radius 1 is 1.19 bits per heavy atom. The van der Waals surface area contributed by atoms with Gasteiger partial charge in [-0.25, -0.2) is 13.1 Å². The number of aryl methyl sites for hydroxylation is 1. The molecule has 0 radical (unpaired) electrons. The molecule has 1 N–H and O–H groups in total. The van der Waals surface area contributed by atoms with Crippen LogP contribution in [0, 0.1) is 12.8 Å². The number of nitrogens with zero attached hydrogens (tertiary/aromatic N) is 2. The van der Waals surface area contributed by atoms with E-state index >= 15 is 0 Å². The Labute approximate surface area is 156 Å². The molecule has 2 fully saturated rings. The van der Waals surface area contributed by atoms with E-state index < -0.39 is 10.0 Å². The second-order valence-electron chi connectivity index (χ2n) is 7.53. The summed E-state index contributed by atoms with van der Waals surface area (Å²) in [6.07, 6.45) is 4.58. The van der Waals surface area contributed by atoms with Crippen molar-refractivity contribution in [3.8, 4) is 0 Å². The Kier molecular flexibility index (Phi) is 5.99. The molecule has 0 aliphatic carbocycles. The third kappa shape index (κ3) is 4.45. The predicted octanol–water partition coefficient (Wildman–Crippen LogP) is 2.13. The summed E-state index contributed by atoms with van der Waals surface area (Å²) in [6.45, 7) is 5.22. The number of carbonyl (C=O) groups excluding carboxylic acids is 1. The SMILES string of the molecule is Cc1cc(S(=O)(=O)NCCC2CCN(C)CC2)ccc1N1CCCC1=O. The molecule has 26 heavy (non-hydrogen) atoms. The Morgan fingerprint density at radius 2 is 1.92 bits per heavy atom. The van der Waals surface area contributed by atoms with Crippen LogP contribution in [0.15, 0.2) is 23.1 Å². The van der Waals surface area contributed by atoms with Gasteiger partial charge in [0.1, 0.15) is 0 Å². The highest BCUT2D eigenvalue weighted by Gasteiger charge is 2.24. The van der Waals surface area contributed by atoms with E-state index in [9.17, 15) is 13.2 Å². The van der Waals surface area contributed by atoms with Crippen LogP contribution in [0.5, 0.6) is 0 Å². The third-order valence-corrected chi connectivity index (χ3v) is 6.98. The van der Waals surface area contributed by atoms with Gasteiger partial charge in [0.05, 0.1) is 4.90 Å². The number of benzene rings is 1. The number of carbonyl (C=O) groups is 1. The van der Waals surface area contributed by atoms with Crippen molar-refractivity contribution in [3.63, 3.8) is 0 Å². The Balaban J connectivity index is 1.60. The quantitative estimate of drug-likeness (QED) is 0.822. The normalized spacial score (nSPS) is 20.1. The Hall–Kier alpha value is -1.44. The first-order valence-electron chi connectivity index (χ1n) is 9.46. The van der Waals surface area contributed by atoms with Crippen LogP contribution in [0.25, 0.3) is 0 Å². The van der Waals surface area contributed by atoms with E-state index in [0.29, 0.717) is 25.4 Å². The lowest BCUT2D eigenvalue weighted by Gasteiger charge is -2.28. The summed E-state index contributed by atoms with van der Waals surface area (Å²) < 4.78 is 27.9. The molecule has 0 saturated carbocycles. The van der Waals surface area contributed by atoms with Gasteiger partial charge in [-0.1, -0.05) is 0 Å². The summed E-state index contributed by atoms with van der Waals surface area (Å²) in [5.41, 5.74) is 1.64. The minimum Gasteiger partial charge on any atom is -0.312 e. The Morgan fingerprint density at radius 3 is 2.54 bits per heavy atom. The highest BCUT2D eigenvalue weighted by molar-refractivity contribution is 7.89. The monoisotopic (exact) mass is 379 g/mol. The molecule has 6 nitrogen and oxygen atoms in total. The topological polar surface area (TPSA) is 69.7 Å². The maximum absolute atomic E-state index is 12.6. The molecule has 0 bridgehead atoms. The van der Waals surface area contributed by atoms with Crippen molar-refractivity contribution >= 4 is 21.6 Å². The first-order chi connectivity index (χ1) is 12.4. The van der Waals surface area contributed by atoms with Crippen LogP contribution in [0.2, 0.25) is 0 Å². The lowest BCUT2D eigenvalue weighted by Crippen LogP contribution is -2.32. The molecule has 2 saturated heterocycles. The van der Waals surface area contributed by atoms with Crippen molar-refractivity contribution in [1.29, 1.82) is 0 Å². The second kappa shape index (κ2) is 8.06. The van der Waals surface area contributed by atoms with E-state index in [1.165, 1.54) is 0 Å². The molecule has 0 aromatic heterocycles. The standard InChI is InChI=1S/C19H29N3O3S/c1-15-14-17(5-6-18(15)22-11-3-4-19(22)23)26(24,25)20-10-7-16-8-12-21(2)13-9-16/h5-6,14,16,20H,3-4,7-13H2,1-2H3. The number of hydrogen-bond donors (Lipinski definition) is 1. The summed E-state index contributed by atoms with van der Waals surface area (Å²) >= 11 is 0. The van der Waals surface area contributed by atoms with Crippen LogP contribution in [-0.2, 0) is 14.8 Å². The molecule has 0 spiro atoms. The minimum absolute atomic E-state index is 0.111. The zero-order chi connectivity index (χ0) is 18.7. The number of rotatable bonds is 6. The predicted molar refractivity (Wildman–Crippen MR) is 103 cm³/mol. The van der Waals surface area contributed by atoms with Gasteiger partial charge >= 0.3 is 0 Å². The number of nitrogens with one attached hydrogen (secondary N) is 1. The molecule has 144 valence electrons.